The molecule has 1 aromatic carbocycles. The van der Waals surface area contributed by atoms with Gasteiger partial charge in [0, 0.05) is 60.5 Å². The van der Waals surface area contributed by atoms with E-state index in [1.54, 1.807) is 61.9 Å². The van der Waals surface area contributed by atoms with Crippen LogP contribution < -0.4 is 16.0 Å². The molecule has 4 N–H and O–H groups in total. The van der Waals surface area contributed by atoms with Crippen LogP contribution in [0.4, 0.5) is 0 Å². The number of likely N-dealkylation sites (tertiary alicyclic amines) is 1. The molecule has 0 aliphatic carbocycles. The second-order valence-corrected chi connectivity index (χ2v) is 21.4. The minimum atomic E-state index is -3.55. The van der Waals surface area contributed by atoms with Gasteiger partial charge in [-0.2, -0.15) is 0 Å². The number of carboxylic acid groups (broad SMARTS) is 1. The van der Waals surface area contributed by atoms with Crippen LogP contribution >= 0.6 is 0 Å². The number of carbonyl (C=O) groups excluding carboxylic acids is 6. The Kier molecular flexibility index (Phi) is 23.0. The van der Waals surface area contributed by atoms with Gasteiger partial charge in [0.05, 0.1) is 49.0 Å². The summed E-state index contributed by atoms with van der Waals surface area (Å²) in [6.07, 6.45) is 5.18. The van der Waals surface area contributed by atoms with E-state index in [2.05, 4.69) is 25.9 Å². The van der Waals surface area contributed by atoms with Crippen LogP contribution in [0.25, 0.3) is 0 Å². The van der Waals surface area contributed by atoms with Gasteiger partial charge in [0.2, 0.25) is 29.5 Å². The summed E-state index contributed by atoms with van der Waals surface area (Å²) in [4.78, 5) is 107. The molecule has 1 fully saturated rings. The Balaban J connectivity index is 1.64. The lowest BCUT2D eigenvalue weighted by Crippen LogP contribution is -2.62. The number of rotatable bonds is 28. The van der Waals surface area contributed by atoms with Crippen molar-refractivity contribution in [3.8, 4) is 0 Å². The number of hydrogen-bond donors (Lipinski definition) is 4. The minimum absolute atomic E-state index is 0.0275. The predicted molar refractivity (Wildman–Crippen MR) is 265 cm³/mol. The first kappa shape index (κ1) is 59.8. The van der Waals surface area contributed by atoms with Crippen molar-refractivity contribution in [1.29, 1.82) is 0 Å². The molecule has 71 heavy (non-hydrogen) atoms. The number of nitrogens with zero attached hydrogens (tertiary/aromatic N) is 5. The molecule has 1 aliphatic rings. The molecular formula is C50H78N8O12S. The molecule has 3 rings (SSSR count). The smallest absolute Gasteiger partial charge is 0.326 e. The van der Waals surface area contributed by atoms with Gasteiger partial charge in [-0.1, -0.05) is 77.8 Å². The van der Waals surface area contributed by atoms with Gasteiger partial charge in [0.25, 0.3) is 5.91 Å². The van der Waals surface area contributed by atoms with Crippen molar-refractivity contribution in [2.45, 2.75) is 153 Å². The molecule has 0 bridgehead atoms. The molecule has 1 saturated heterocycles. The highest BCUT2D eigenvalue weighted by Gasteiger charge is 2.44. The first-order valence-electron chi connectivity index (χ1n) is 24.4. The van der Waals surface area contributed by atoms with Gasteiger partial charge in [0.1, 0.15) is 23.3 Å². The molecule has 2 heterocycles. The number of methoxy groups -OCH3 is 2. The number of nitrogens with one attached hydrogen (secondary N) is 3. The minimum Gasteiger partial charge on any atom is -0.480 e. The number of sulfone groups is 1. The number of benzene rings is 1. The van der Waals surface area contributed by atoms with Crippen molar-refractivity contribution >= 4 is 51.2 Å². The van der Waals surface area contributed by atoms with E-state index in [1.165, 1.54) is 26.2 Å². The molecule has 0 radical (unpaired) electrons. The summed E-state index contributed by atoms with van der Waals surface area (Å²) in [5.74, 6) is -4.99. The average Bonchev–Trinajstić information content (AvgIpc) is 3.82. The number of carbonyl (C=O) groups is 7. The lowest BCUT2D eigenvalue weighted by molar-refractivity contribution is -0.150. The number of aliphatic carboxylic acids is 1. The van der Waals surface area contributed by atoms with Gasteiger partial charge in [0.15, 0.2) is 14.9 Å². The fourth-order valence-corrected chi connectivity index (χ4v) is 9.33. The molecule has 0 spiro atoms. The number of carboxylic acids is 1. The van der Waals surface area contributed by atoms with Crippen molar-refractivity contribution in [2.24, 2.45) is 17.8 Å². The van der Waals surface area contributed by atoms with Crippen LogP contribution in [0.2, 0.25) is 0 Å². The van der Waals surface area contributed by atoms with Gasteiger partial charge in [-0.25, -0.2) is 23.2 Å². The maximum Gasteiger partial charge on any atom is 0.326 e. The van der Waals surface area contributed by atoms with Gasteiger partial charge in [-0.05, 0) is 56.9 Å². The summed E-state index contributed by atoms with van der Waals surface area (Å²) in [6.45, 7) is 13.1. The highest BCUT2D eigenvalue weighted by atomic mass is 32.2. The van der Waals surface area contributed by atoms with Gasteiger partial charge < -0.3 is 45.2 Å². The van der Waals surface area contributed by atoms with E-state index in [9.17, 15) is 47.1 Å². The Morgan fingerprint density at radius 1 is 0.930 bits per heavy atom. The van der Waals surface area contributed by atoms with E-state index in [0.29, 0.717) is 45.1 Å². The van der Waals surface area contributed by atoms with E-state index >= 15 is 0 Å². The number of hydrogen-bond acceptors (Lipinski definition) is 13. The third-order valence-electron chi connectivity index (χ3n) is 13.7. The summed E-state index contributed by atoms with van der Waals surface area (Å²) in [7, 11) is 2.58. The number of aromatic nitrogens is 2. The molecule has 1 aliphatic heterocycles. The first-order valence-corrected chi connectivity index (χ1v) is 26.3. The SMILES string of the molecule is CC[C@H](C)[C@@H]([C@@H](CC(=O)N1CCC[C@H]1[C@H](OC)[C@@H](C)C(=O)N[C@@H](Cc1ccccc1)C(=O)O)OC)N(C)C(=O)[C@@H](NC(=O)C(C)(C)N(C)C(=O)CCCCCNC(=O)c1cnc(S(C)(=O)=O)cn1)C(C)C. The highest BCUT2D eigenvalue weighted by molar-refractivity contribution is 7.90. The Morgan fingerprint density at radius 2 is 1.59 bits per heavy atom. The summed E-state index contributed by atoms with van der Waals surface area (Å²) in [5.41, 5.74) is -0.626. The number of unbranched alkanes of at least 4 members (excludes halogenated alkanes) is 2. The summed E-state index contributed by atoms with van der Waals surface area (Å²) in [5, 5.41) is 18.0. The number of likely N-dealkylation sites (N-methyl/N-ethyl adjacent to an activating group) is 2. The fourth-order valence-electron chi connectivity index (χ4n) is 8.84. The van der Waals surface area contributed by atoms with Crippen molar-refractivity contribution in [1.82, 2.24) is 40.6 Å². The third kappa shape index (κ3) is 16.5. The van der Waals surface area contributed by atoms with Gasteiger partial charge in [-0.15, -0.1) is 0 Å². The van der Waals surface area contributed by atoms with Crippen LogP contribution in [0.1, 0.15) is 116 Å². The zero-order chi connectivity index (χ0) is 53.4. The monoisotopic (exact) mass is 1010 g/mol. The van der Waals surface area contributed by atoms with Crippen LogP contribution in [0.5, 0.6) is 0 Å². The first-order chi connectivity index (χ1) is 33.3. The zero-order valence-corrected chi connectivity index (χ0v) is 44.4. The molecule has 20 nitrogen and oxygen atoms in total. The Morgan fingerprint density at radius 3 is 2.14 bits per heavy atom. The van der Waals surface area contributed by atoms with Crippen LogP contribution in [0.15, 0.2) is 47.8 Å². The van der Waals surface area contributed by atoms with Gasteiger partial charge >= 0.3 is 5.97 Å². The normalized spacial score (nSPS) is 17.0. The Labute approximate surface area is 419 Å². The largest absolute Gasteiger partial charge is 0.480 e. The quantitative estimate of drug-likeness (QED) is 0.0893. The molecule has 8 atom stereocenters. The van der Waals surface area contributed by atoms with Crippen LogP contribution in [0, 0.1) is 17.8 Å². The van der Waals surface area contributed by atoms with Crippen LogP contribution in [0.3, 0.4) is 0 Å². The van der Waals surface area contributed by atoms with Crippen LogP contribution in [-0.2, 0) is 54.5 Å². The Hall–Kier alpha value is -5.54. The predicted octanol–water partition coefficient (Wildman–Crippen LogP) is 3.28. The Bertz CT molecular complexity index is 2230. The molecule has 0 unspecified atom stereocenters. The second-order valence-electron chi connectivity index (χ2n) is 19.5. The summed E-state index contributed by atoms with van der Waals surface area (Å²) in [6, 6.07) is 5.74. The van der Waals surface area contributed by atoms with E-state index in [-0.39, 0.29) is 60.2 Å². The maximum absolute atomic E-state index is 14.5. The highest BCUT2D eigenvalue weighted by Crippen LogP contribution is 2.30. The molecule has 0 saturated carbocycles. The lowest BCUT2D eigenvalue weighted by atomic mass is 9.89. The van der Waals surface area contributed by atoms with Crippen LogP contribution in [-0.4, -0.2) is 169 Å². The maximum atomic E-state index is 14.5. The topological polar surface area (TPSA) is 264 Å². The van der Waals surface area contributed by atoms with Gasteiger partial charge in [-0.3, -0.25) is 28.8 Å². The number of amides is 6. The van der Waals surface area contributed by atoms with E-state index in [0.717, 1.165) is 24.2 Å². The summed E-state index contributed by atoms with van der Waals surface area (Å²) < 4.78 is 35.1. The molecule has 2 aromatic rings. The third-order valence-corrected chi connectivity index (χ3v) is 14.7. The number of ether oxygens (including phenoxy) is 2. The lowest BCUT2D eigenvalue weighted by Gasteiger charge is -2.41. The zero-order valence-electron chi connectivity index (χ0n) is 43.6. The van der Waals surface area contributed by atoms with E-state index < -0.39 is 87.3 Å². The second kappa shape index (κ2) is 27.3. The van der Waals surface area contributed by atoms with Crippen molar-refractivity contribution < 1.29 is 56.6 Å². The average molecular weight is 1020 g/mol. The van der Waals surface area contributed by atoms with E-state index in [4.69, 9.17) is 9.47 Å². The molecule has 1 aromatic heterocycles. The van der Waals surface area contributed by atoms with E-state index in [1.807, 2.05) is 33.8 Å². The van der Waals surface area contributed by atoms with Crippen molar-refractivity contribution in [3.63, 3.8) is 0 Å². The molecule has 21 heteroatoms. The molecular weight excluding hydrogens is 937 g/mol. The van der Waals surface area contributed by atoms with Crippen molar-refractivity contribution in [3.05, 3.63) is 54.0 Å². The van der Waals surface area contributed by atoms with Crippen molar-refractivity contribution in [2.75, 3.05) is 47.7 Å². The standard InChI is InChI=1S/C50H78N8O12S/c1-13-32(4)43(38(69-10)28-41(60)58-26-20-23-37(58)44(70-11)33(5)45(61)54-35(48(64)65)27-34-21-16-14-17-22-34)56(8)47(63)42(31(2)3)55-49(66)50(6,7)57(9)40(59)24-18-15-19-25-51-46(62)36-29-53-39(30-52-36)71(12,67)68/h14,16-17,21-22,29-33,35,37-38,42-44H,13,15,18-20,23-28H2,1-12H3,(H,51,62)(H,54,61)(H,55,66)(H,64,65)/t32-,33+,35-,37-,38+,42-,43-,44+/m0/s1. The fraction of sp³-hybridized carbons (Fsp3) is 0.660. The molecule has 6 amide bonds. The summed E-state index contributed by atoms with van der Waals surface area (Å²) >= 11 is 0. The molecule has 396 valence electrons.